The number of fused-ring (bicyclic) bond motifs is 1. The van der Waals surface area contributed by atoms with Crippen LogP contribution in [0.4, 0.5) is 4.39 Å². The van der Waals surface area contributed by atoms with Crippen LogP contribution < -0.4 is 5.63 Å². The van der Waals surface area contributed by atoms with Gasteiger partial charge < -0.3 is 9.15 Å². The van der Waals surface area contributed by atoms with Crippen molar-refractivity contribution in [3.8, 4) is 0 Å². The summed E-state index contributed by atoms with van der Waals surface area (Å²) in [7, 11) is 0. The van der Waals surface area contributed by atoms with Crippen molar-refractivity contribution in [1.82, 2.24) is 0 Å². The zero-order chi connectivity index (χ0) is 22.4. The number of unbranched alkanes of at least 4 members (excludes halogenated alkanes) is 3. The van der Waals surface area contributed by atoms with E-state index in [1.54, 1.807) is 18.7 Å². The smallest absolute Gasteiger partial charge is 0.372 e. The van der Waals surface area contributed by atoms with Gasteiger partial charge >= 0.3 is 11.6 Å². The number of aryl methyl sites for hydroxylation is 1. The molecule has 1 aromatic heterocycles. The van der Waals surface area contributed by atoms with Gasteiger partial charge in [-0.25, -0.2) is 9.59 Å². The van der Waals surface area contributed by atoms with Crippen molar-refractivity contribution >= 4 is 28.7 Å². The average Bonchev–Trinajstić information content (AvgIpc) is 3.25. The van der Waals surface area contributed by atoms with Crippen LogP contribution >= 0.6 is 11.8 Å². The van der Waals surface area contributed by atoms with Gasteiger partial charge in [-0.05, 0) is 68.9 Å². The van der Waals surface area contributed by atoms with Crippen LogP contribution in [0.25, 0.3) is 11.0 Å². The maximum absolute atomic E-state index is 14.9. The van der Waals surface area contributed by atoms with Crippen molar-refractivity contribution in [1.29, 1.82) is 0 Å². The van der Waals surface area contributed by atoms with E-state index in [2.05, 4.69) is 12.6 Å². The van der Waals surface area contributed by atoms with E-state index >= 15 is 0 Å². The molecule has 1 aliphatic rings. The molecular weight excluding hydrogens is 415 g/mol. The van der Waals surface area contributed by atoms with Crippen molar-refractivity contribution in [2.45, 2.75) is 76.0 Å². The van der Waals surface area contributed by atoms with Crippen molar-refractivity contribution < 1.29 is 18.3 Å². The highest BCUT2D eigenvalue weighted by atomic mass is 32.2. The molecule has 1 aliphatic carbocycles. The van der Waals surface area contributed by atoms with Crippen LogP contribution in [0.2, 0.25) is 0 Å². The molecule has 3 rings (SSSR count). The molecule has 0 saturated heterocycles. The number of esters is 1. The Hall–Kier alpha value is -2.08. The molecule has 4 nitrogen and oxygen atoms in total. The van der Waals surface area contributed by atoms with E-state index in [4.69, 9.17) is 9.15 Å². The number of carbonyl (C=O) groups is 1. The highest BCUT2D eigenvalue weighted by Crippen LogP contribution is 2.42. The predicted octanol–water partition coefficient (Wildman–Crippen LogP) is 6.67. The Kier molecular flexibility index (Phi) is 8.35. The van der Waals surface area contributed by atoms with E-state index in [-0.39, 0.29) is 11.9 Å². The van der Waals surface area contributed by atoms with Gasteiger partial charge in [0.15, 0.2) is 0 Å². The standard InChI is InChI=1S/C25H31FO4S/c1-16(2)24(27)29-12-8-4-5-9-13-31-20-15-17(3)14-19-22(20)21(18-10-6-7-11-18)23(26)25(28)30-19/h14-15,18H,1,4-13H2,2-3H3. The Morgan fingerprint density at radius 2 is 1.94 bits per heavy atom. The van der Waals surface area contributed by atoms with Gasteiger partial charge in [0.2, 0.25) is 5.82 Å². The molecular formula is C25H31FO4S. The number of ether oxygens (including phenoxy) is 1. The highest BCUT2D eigenvalue weighted by molar-refractivity contribution is 7.99. The van der Waals surface area contributed by atoms with Gasteiger partial charge in [-0.3, -0.25) is 0 Å². The quantitative estimate of drug-likeness (QED) is 0.134. The Morgan fingerprint density at radius 3 is 2.65 bits per heavy atom. The molecule has 0 radical (unpaired) electrons. The Morgan fingerprint density at radius 1 is 1.23 bits per heavy atom. The first kappa shape index (κ1) is 23.6. The lowest BCUT2D eigenvalue weighted by Gasteiger charge is -2.16. The molecule has 0 N–H and O–H groups in total. The minimum absolute atomic E-state index is 0.0931. The van der Waals surface area contributed by atoms with E-state index in [0.29, 0.717) is 23.3 Å². The number of thioether (sulfide) groups is 1. The summed E-state index contributed by atoms with van der Waals surface area (Å²) >= 11 is 1.70. The van der Waals surface area contributed by atoms with Crippen LogP contribution in [0.1, 0.15) is 75.3 Å². The fraction of sp³-hybridized carbons (Fsp3) is 0.520. The molecule has 6 heteroatoms. The topological polar surface area (TPSA) is 56.5 Å². The number of halogens is 1. The van der Waals surface area contributed by atoms with E-state index in [1.165, 1.54) is 0 Å². The zero-order valence-corrected chi connectivity index (χ0v) is 19.2. The molecule has 0 amide bonds. The minimum atomic E-state index is -0.858. The average molecular weight is 447 g/mol. The third kappa shape index (κ3) is 6.00. The summed E-state index contributed by atoms with van der Waals surface area (Å²) in [5, 5.41) is 0.784. The predicted molar refractivity (Wildman–Crippen MR) is 123 cm³/mol. The maximum atomic E-state index is 14.9. The fourth-order valence-electron chi connectivity index (χ4n) is 4.17. The molecule has 31 heavy (non-hydrogen) atoms. The maximum Gasteiger partial charge on any atom is 0.372 e. The first-order valence-corrected chi connectivity index (χ1v) is 12.1. The highest BCUT2D eigenvalue weighted by Gasteiger charge is 2.27. The lowest BCUT2D eigenvalue weighted by Crippen LogP contribution is -2.12. The normalized spacial score (nSPS) is 14.3. The molecule has 1 saturated carbocycles. The molecule has 0 unspecified atom stereocenters. The second kappa shape index (κ2) is 11.0. The largest absolute Gasteiger partial charge is 0.462 e. The zero-order valence-electron chi connectivity index (χ0n) is 18.4. The van der Waals surface area contributed by atoms with Gasteiger partial charge in [0.1, 0.15) is 5.58 Å². The lowest BCUT2D eigenvalue weighted by atomic mass is 9.94. The van der Waals surface area contributed by atoms with Gasteiger partial charge in [0, 0.05) is 21.4 Å². The Balaban J connectivity index is 1.64. The summed E-state index contributed by atoms with van der Waals surface area (Å²) in [6.07, 6.45) is 7.83. The summed E-state index contributed by atoms with van der Waals surface area (Å²) in [5.41, 5.74) is 1.62. The SMILES string of the molecule is C=C(C)C(=O)OCCCCCCSc1cc(C)cc2oc(=O)c(F)c(C3CCCC3)c12. The molecule has 168 valence electrons. The summed E-state index contributed by atoms with van der Waals surface area (Å²) in [5.74, 6) is -0.0570. The van der Waals surface area contributed by atoms with E-state index < -0.39 is 11.4 Å². The van der Waals surface area contributed by atoms with E-state index in [1.807, 2.05) is 13.0 Å². The van der Waals surface area contributed by atoms with Crippen LogP contribution in [0.3, 0.4) is 0 Å². The van der Waals surface area contributed by atoms with Gasteiger partial charge in [-0.2, -0.15) is 4.39 Å². The van der Waals surface area contributed by atoms with Gasteiger partial charge in [-0.1, -0.05) is 32.3 Å². The van der Waals surface area contributed by atoms with E-state index in [9.17, 15) is 14.0 Å². The second-order valence-corrected chi connectivity index (χ2v) is 9.55. The minimum Gasteiger partial charge on any atom is -0.462 e. The summed E-state index contributed by atoms with van der Waals surface area (Å²) in [6.45, 7) is 7.60. The van der Waals surface area contributed by atoms with Crippen molar-refractivity contribution in [2.75, 3.05) is 12.4 Å². The Bertz CT molecular complexity index is 1000. The van der Waals surface area contributed by atoms with Crippen LogP contribution in [0.5, 0.6) is 0 Å². The molecule has 1 heterocycles. The molecule has 0 bridgehead atoms. The second-order valence-electron chi connectivity index (χ2n) is 8.41. The Labute approximate surface area is 187 Å². The van der Waals surface area contributed by atoms with Crippen molar-refractivity contribution in [3.05, 3.63) is 51.6 Å². The molecule has 1 fully saturated rings. The number of hydrogen-bond donors (Lipinski definition) is 0. The number of carbonyl (C=O) groups excluding carboxylic acids is 1. The third-order valence-electron chi connectivity index (χ3n) is 5.74. The number of hydrogen-bond acceptors (Lipinski definition) is 5. The molecule has 0 spiro atoms. The fourth-order valence-corrected chi connectivity index (χ4v) is 5.36. The molecule has 1 aromatic carbocycles. The molecule has 0 aliphatic heterocycles. The summed E-state index contributed by atoms with van der Waals surface area (Å²) < 4.78 is 25.3. The number of benzene rings is 1. The number of rotatable bonds is 10. The van der Waals surface area contributed by atoms with Crippen molar-refractivity contribution in [3.63, 3.8) is 0 Å². The first-order valence-electron chi connectivity index (χ1n) is 11.1. The summed E-state index contributed by atoms with van der Waals surface area (Å²) in [4.78, 5) is 24.5. The van der Waals surface area contributed by atoms with Gasteiger partial charge in [0.05, 0.1) is 6.61 Å². The molecule has 0 atom stereocenters. The third-order valence-corrected chi connectivity index (χ3v) is 6.87. The van der Waals surface area contributed by atoms with Crippen LogP contribution in [-0.2, 0) is 9.53 Å². The summed E-state index contributed by atoms with van der Waals surface area (Å²) in [6, 6.07) is 3.91. The lowest BCUT2D eigenvalue weighted by molar-refractivity contribution is -0.139. The van der Waals surface area contributed by atoms with Gasteiger partial charge in [0.25, 0.3) is 0 Å². The monoisotopic (exact) mass is 446 g/mol. The first-order chi connectivity index (χ1) is 14.9. The van der Waals surface area contributed by atoms with Crippen LogP contribution in [0.15, 0.2) is 38.4 Å². The van der Waals surface area contributed by atoms with Crippen LogP contribution in [-0.4, -0.2) is 18.3 Å². The van der Waals surface area contributed by atoms with Crippen molar-refractivity contribution in [2.24, 2.45) is 0 Å². The van der Waals surface area contributed by atoms with E-state index in [0.717, 1.165) is 73.0 Å². The van der Waals surface area contributed by atoms with Gasteiger partial charge in [-0.15, -0.1) is 11.8 Å². The molecule has 2 aromatic rings. The van der Waals surface area contributed by atoms with Crippen LogP contribution in [0, 0.1) is 12.7 Å².